The van der Waals surface area contributed by atoms with Gasteiger partial charge in [0.2, 0.25) is 0 Å². The third kappa shape index (κ3) is 6.22. The summed E-state index contributed by atoms with van der Waals surface area (Å²) in [6.45, 7) is 0. The third-order valence-corrected chi connectivity index (χ3v) is 2.69. The number of carboxylic acid groups (broad SMARTS) is 1. The number of anilines is 1. The zero-order valence-corrected chi connectivity index (χ0v) is 13.7. The summed E-state index contributed by atoms with van der Waals surface area (Å²) in [7, 11) is 4.99. The molecule has 0 unspecified atom stereocenters. The van der Waals surface area contributed by atoms with Gasteiger partial charge < -0.3 is 25.8 Å². The standard InChI is InChI=1S/C12H10N2O3.C4H10N2O/c13-8-1-3-9(4-2-8)17-10-5-6-14-11(7-10)12(15)16;1-5-4(7)6(2)3/h1-7H,13H2,(H,15,16);1-3H3,(H,5,7). The monoisotopic (exact) mass is 332 g/mol. The number of nitrogens with zero attached hydrogens (tertiary/aromatic N) is 2. The number of carbonyl (C=O) groups excluding carboxylic acids is 1. The molecule has 1 heterocycles. The van der Waals surface area contributed by atoms with E-state index in [1.54, 1.807) is 51.5 Å². The molecule has 8 nitrogen and oxygen atoms in total. The molecule has 0 atom stereocenters. The molecule has 1 aromatic heterocycles. The van der Waals surface area contributed by atoms with Crippen LogP contribution < -0.4 is 15.8 Å². The molecule has 2 aromatic rings. The van der Waals surface area contributed by atoms with Gasteiger partial charge in [0, 0.05) is 39.1 Å². The smallest absolute Gasteiger partial charge is 0.354 e. The number of nitrogens with one attached hydrogen (secondary N) is 1. The summed E-state index contributed by atoms with van der Waals surface area (Å²) in [6.07, 6.45) is 1.39. The summed E-state index contributed by atoms with van der Waals surface area (Å²) in [5.74, 6) is -0.0864. The van der Waals surface area contributed by atoms with Gasteiger partial charge in [-0.1, -0.05) is 0 Å². The Bertz CT molecular complexity index is 687. The minimum absolute atomic E-state index is 0.0575. The van der Waals surface area contributed by atoms with Crippen molar-refractivity contribution in [2.24, 2.45) is 0 Å². The number of nitrogens with two attached hydrogens (primary N) is 1. The lowest BCUT2D eigenvalue weighted by atomic mass is 10.3. The van der Waals surface area contributed by atoms with E-state index >= 15 is 0 Å². The van der Waals surface area contributed by atoms with Crippen LogP contribution in [-0.4, -0.2) is 48.1 Å². The van der Waals surface area contributed by atoms with E-state index in [-0.39, 0.29) is 11.7 Å². The Labute approximate surface area is 139 Å². The lowest BCUT2D eigenvalue weighted by molar-refractivity contribution is 0.0690. The maximum Gasteiger partial charge on any atom is 0.354 e. The van der Waals surface area contributed by atoms with E-state index < -0.39 is 5.97 Å². The van der Waals surface area contributed by atoms with Gasteiger partial charge in [0.1, 0.15) is 11.5 Å². The lowest BCUT2D eigenvalue weighted by Gasteiger charge is -2.06. The number of aromatic nitrogens is 1. The molecule has 8 heteroatoms. The van der Waals surface area contributed by atoms with Crippen LogP contribution in [0.4, 0.5) is 10.5 Å². The predicted octanol–water partition coefficient (Wildman–Crippen LogP) is 2.04. The zero-order chi connectivity index (χ0) is 18.1. The molecule has 0 aliphatic carbocycles. The van der Waals surface area contributed by atoms with Crippen LogP contribution in [0.5, 0.6) is 11.5 Å². The number of amides is 2. The zero-order valence-electron chi connectivity index (χ0n) is 13.7. The Balaban J connectivity index is 0.000000351. The molecule has 0 spiro atoms. The molecule has 24 heavy (non-hydrogen) atoms. The second kappa shape index (κ2) is 8.99. The SMILES string of the molecule is CNC(=O)N(C)C.Nc1ccc(Oc2ccnc(C(=O)O)c2)cc1. The molecule has 0 saturated heterocycles. The molecule has 4 N–H and O–H groups in total. The number of nitrogen functional groups attached to an aromatic ring is 1. The first-order chi connectivity index (χ1) is 11.3. The number of carboxylic acids is 1. The largest absolute Gasteiger partial charge is 0.477 e. The van der Waals surface area contributed by atoms with Gasteiger partial charge in [0.05, 0.1) is 0 Å². The van der Waals surface area contributed by atoms with Crippen LogP contribution in [0.2, 0.25) is 0 Å². The van der Waals surface area contributed by atoms with Crippen molar-refractivity contribution in [2.45, 2.75) is 0 Å². The molecular formula is C16H20N4O4. The van der Waals surface area contributed by atoms with Gasteiger partial charge in [0.15, 0.2) is 5.69 Å². The lowest BCUT2D eigenvalue weighted by Crippen LogP contribution is -2.31. The van der Waals surface area contributed by atoms with Crippen molar-refractivity contribution in [1.82, 2.24) is 15.2 Å². The molecule has 2 rings (SSSR count). The Morgan fingerprint density at radius 2 is 1.79 bits per heavy atom. The van der Waals surface area contributed by atoms with Crippen LogP contribution in [0.25, 0.3) is 0 Å². The number of hydrogen-bond donors (Lipinski definition) is 3. The van der Waals surface area contributed by atoms with Crippen molar-refractivity contribution >= 4 is 17.7 Å². The first-order valence-corrected chi connectivity index (χ1v) is 6.95. The van der Waals surface area contributed by atoms with Crippen molar-refractivity contribution in [3.63, 3.8) is 0 Å². The van der Waals surface area contributed by atoms with Crippen LogP contribution in [0.15, 0.2) is 42.6 Å². The number of ether oxygens (including phenoxy) is 1. The summed E-state index contributed by atoms with van der Waals surface area (Å²) in [6, 6.07) is 9.69. The summed E-state index contributed by atoms with van der Waals surface area (Å²) in [4.78, 5) is 26.2. The Morgan fingerprint density at radius 1 is 1.17 bits per heavy atom. The van der Waals surface area contributed by atoms with Crippen molar-refractivity contribution in [3.8, 4) is 11.5 Å². The van der Waals surface area contributed by atoms with Gasteiger partial charge >= 0.3 is 12.0 Å². The fourth-order valence-electron chi connectivity index (χ4n) is 1.49. The van der Waals surface area contributed by atoms with Crippen LogP contribution in [0.1, 0.15) is 10.5 Å². The van der Waals surface area contributed by atoms with Gasteiger partial charge in [-0.25, -0.2) is 14.6 Å². The van der Waals surface area contributed by atoms with E-state index in [0.717, 1.165) is 0 Å². The van der Waals surface area contributed by atoms with Crippen LogP contribution in [0, 0.1) is 0 Å². The number of benzene rings is 1. The molecule has 0 saturated carbocycles. The van der Waals surface area contributed by atoms with E-state index in [1.807, 2.05) is 0 Å². The molecule has 0 bridgehead atoms. The highest BCUT2D eigenvalue weighted by Gasteiger charge is 2.06. The number of urea groups is 1. The number of hydrogen-bond acceptors (Lipinski definition) is 5. The van der Waals surface area contributed by atoms with E-state index in [0.29, 0.717) is 17.2 Å². The van der Waals surface area contributed by atoms with Crippen molar-refractivity contribution in [1.29, 1.82) is 0 Å². The number of rotatable bonds is 3. The van der Waals surface area contributed by atoms with Crippen LogP contribution in [0.3, 0.4) is 0 Å². The minimum atomic E-state index is -1.09. The second-order valence-corrected chi connectivity index (χ2v) is 4.80. The van der Waals surface area contributed by atoms with Crippen molar-refractivity contribution in [2.75, 3.05) is 26.9 Å². The molecule has 2 amide bonds. The first kappa shape index (κ1) is 18.8. The molecule has 1 aromatic carbocycles. The number of aromatic carboxylic acids is 1. The number of pyridine rings is 1. The molecule has 0 aliphatic heterocycles. The normalized spacial score (nSPS) is 9.29. The Hall–Kier alpha value is -3.29. The summed E-state index contributed by atoms with van der Waals surface area (Å²) >= 11 is 0. The van der Waals surface area contributed by atoms with Gasteiger partial charge in [-0.15, -0.1) is 0 Å². The molecular weight excluding hydrogens is 312 g/mol. The molecule has 0 fully saturated rings. The van der Waals surface area contributed by atoms with Crippen LogP contribution >= 0.6 is 0 Å². The van der Waals surface area contributed by atoms with Crippen molar-refractivity contribution < 1.29 is 19.4 Å². The fraction of sp³-hybridized carbons (Fsp3) is 0.188. The average molecular weight is 332 g/mol. The van der Waals surface area contributed by atoms with Crippen molar-refractivity contribution in [3.05, 3.63) is 48.3 Å². The van der Waals surface area contributed by atoms with Gasteiger partial charge in [-0.3, -0.25) is 0 Å². The molecule has 0 radical (unpaired) electrons. The predicted molar refractivity (Wildman–Crippen MR) is 90.3 cm³/mol. The van der Waals surface area contributed by atoms with Gasteiger partial charge in [-0.2, -0.15) is 0 Å². The quantitative estimate of drug-likeness (QED) is 0.740. The van der Waals surface area contributed by atoms with E-state index in [1.165, 1.54) is 17.2 Å². The van der Waals surface area contributed by atoms with Gasteiger partial charge in [-0.05, 0) is 30.3 Å². The summed E-state index contributed by atoms with van der Waals surface area (Å²) in [5.41, 5.74) is 6.12. The third-order valence-electron chi connectivity index (χ3n) is 2.69. The average Bonchev–Trinajstić information content (AvgIpc) is 2.57. The second-order valence-electron chi connectivity index (χ2n) is 4.80. The van der Waals surface area contributed by atoms with E-state index in [2.05, 4.69) is 10.3 Å². The van der Waals surface area contributed by atoms with Gasteiger partial charge in [0.25, 0.3) is 0 Å². The highest BCUT2D eigenvalue weighted by atomic mass is 16.5. The summed E-state index contributed by atoms with van der Waals surface area (Å²) in [5, 5.41) is 11.2. The summed E-state index contributed by atoms with van der Waals surface area (Å²) < 4.78 is 5.47. The minimum Gasteiger partial charge on any atom is -0.477 e. The number of carbonyl (C=O) groups is 2. The highest BCUT2D eigenvalue weighted by molar-refractivity contribution is 5.85. The maximum absolute atomic E-state index is 10.7. The molecule has 128 valence electrons. The topological polar surface area (TPSA) is 118 Å². The Kier molecular flexibility index (Phi) is 7.02. The van der Waals surface area contributed by atoms with Crippen LogP contribution in [-0.2, 0) is 0 Å². The Morgan fingerprint density at radius 3 is 2.25 bits per heavy atom. The highest BCUT2D eigenvalue weighted by Crippen LogP contribution is 2.22. The molecule has 0 aliphatic rings. The fourth-order valence-corrected chi connectivity index (χ4v) is 1.49. The maximum atomic E-state index is 10.7. The first-order valence-electron chi connectivity index (χ1n) is 6.95. The van der Waals surface area contributed by atoms with E-state index in [9.17, 15) is 9.59 Å². The van der Waals surface area contributed by atoms with E-state index in [4.69, 9.17) is 15.6 Å².